The molecule has 0 spiro atoms. The molecule has 0 radical (unpaired) electrons. The van der Waals surface area contributed by atoms with Crippen molar-refractivity contribution in [1.82, 2.24) is 9.78 Å². The molecule has 3 atom stereocenters. The van der Waals surface area contributed by atoms with E-state index in [9.17, 15) is 9.59 Å². The van der Waals surface area contributed by atoms with Crippen LogP contribution in [0.3, 0.4) is 0 Å². The Bertz CT molecular complexity index is 860. The summed E-state index contributed by atoms with van der Waals surface area (Å²) < 4.78 is 12.2. The second-order valence-corrected chi connectivity index (χ2v) is 6.46. The van der Waals surface area contributed by atoms with Gasteiger partial charge >= 0.3 is 11.9 Å². The molecule has 7 heteroatoms. The van der Waals surface area contributed by atoms with Crippen LogP contribution in [0.15, 0.2) is 30.5 Å². The van der Waals surface area contributed by atoms with E-state index >= 15 is 0 Å². The van der Waals surface area contributed by atoms with Crippen LogP contribution in [-0.4, -0.2) is 41.0 Å². The van der Waals surface area contributed by atoms with Crippen molar-refractivity contribution in [3.05, 3.63) is 47.2 Å². The molecule has 1 aliphatic heterocycles. The number of benzene rings is 1. The highest BCUT2D eigenvalue weighted by molar-refractivity contribution is 5.96. The molecule has 2 heterocycles. The van der Waals surface area contributed by atoms with E-state index in [0.29, 0.717) is 18.0 Å². The summed E-state index contributed by atoms with van der Waals surface area (Å²) in [5.41, 5.74) is 2.66. The first-order valence-electron chi connectivity index (χ1n) is 8.91. The number of hydrogen-bond acceptors (Lipinski definition) is 6. The predicted molar refractivity (Wildman–Crippen MR) is 94.0 cm³/mol. The number of hydrogen-bond donors (Lipinski definition) is 1. The zero-order chi connectivity index (χ0) is 18.3. The van der Waals surface area contributed by atoms with Gasteiger partial charge in [0.25, 0.3) is 0 Å². The monoisotopic (exact) mass is 355 g/mol. The summed E-state index contributed by atoms with van der Waals surface area (Å²) in [6.07, 6.45) is 2.26. The maximum atomic E-state index is 12.6. The fourth-order valence-electron chi connectivity index (χ4n) is 4.01. The van der Waals surface area contributed by atoms with E-state index in [-0.39, 0.29) is 24.5 Å². The fraction of sp³-hybridized carbons (Fsp3) is 0.421. The molecule has 0 bridgehead atoms. The summed E-state index contributed by atoms with van der Waals surface area (Å²) in [5, 5.41) is 7.64. The Labute approximate surface area is 151 Å². The first-order valence-corrected chi connectivity index (χ1v) is 8.91. The van der Waals surface area contributed by atoms with Gasteiger partial charge in [-0.15, -0.1) is 0 Å². The number of carbonyl (C=O) groups is 2. The summed E-state index contributed by atoms with van der Waals surface area (Å²) in [6.45, 7) is 4.13. The number of ether oxygens (including phenoxy) is 2. The van der Waals surface area contributed by atoms with Crippen molar-refractivity contribution in [2.75, 3.05) is 18.5 Å². The minimum absolute atomic E-state index is 0.0195. The molecule has 136 valence electrons. The maximum absolute atomic E-state index is 12.6. The Kier molecular flexibility index (Phi) is 4.14. The summed E-state index contributed by atoms with van der Waals surface area (Å²) in [5.74, 6) is -0.264. The third kappa shape index (κ3) is 2.46. The maximum Gasteiger partial charge on any atom is 0.343 e. The van der Waals surface area contributed by atoms with Gasteiger partial charge in [0.1, 0.15) is 17.4 Å². The summed E-state index contributed by atoms with van der Waals surface area (Å²) in [4.78, 5) is 24.9. The molecule has 2 aromatic rings. The zero-order valence-corrected chi connectivity index (χ0v) is 14.8. The molecule has 1 aliphatic carbocycles. The first-order chi connectivity index (χ1) is 12.7. The highest BCUT2D eigenvalue weighted by Gasteiger charge is 2.47. The predicted octanol–water partition coefficient (Wildman–Crippen LogP) is 2.18. The normalized spacial score (nSPS) is 22.6. The van der Waals surface area contributed by atoms with Gasteiger partial charge in [0.2, 0.25) is 0 Å². The topological polar surface area (TPSA) is 82.5 Å². The van der Waals surface area contributed by atoms with Crippen LogP contribution in [0.5, 0.6) is 0 Å². The van der Waals surface area contributed by atoms with Crippen molar-refractivity contribution < 1.29 is 19.1 Å². The van der Waals surface area contributed by atoms with Gasteiger partial charge < -0.3 is 14.8 Å². The molecule has 7 nitrogen and oxygen atoms in total. The van der Waals surface area contributed by atoms with Crippen LogP contribution in [0.25, 0.3) is 0 Å². The number of aromatic nitrogens is 2. The number of anilines is 1. The number of esters is 2. The van der Waals surface area contributed by atoms with Gasteiger partial charge in [-0.25, -0.2) is 14.3 Å². The van der Waals surface area contributed by atoms with E-state index < -0.39 is 12.0 Å². The second-order valence-electron chi connectivity index (χ2n) is 6.46. The Hall–Kier alpha value is -2.83. The van der Waals surface area contributed by atoms with Crippen molar-refractivity contribution >= 4 is 17.8 Å². The molecular weight excluding hydrogens is 334 g/mol. The van der Waals surface area contributed by atoms with Gasteiger partial charge in [0.15, 0.2) is 0 Å². The van der Waals surface area contributed by atoms with E-state index in [2.05, 4.69) is 22.5 Å². The number of nitrogens with zero attached hydrogens (tertiary/aromatic N) is 2. The van der Waals surface area contributed by atoms with Gasteiger partial charge in [0, 0.05) is 5.92 Å². The highest BCUT2D eigenvalue weighted by Crippen LogP contribution is 2.46. The van der Waals surface area contributed by atoms with Crippen molar-refractivity contribution in [2.24, 2.45) is 5.92 Å². The molecule has 1 aromatic carbocycles. The van der Waals surface area contributed by atoms with E-state index in [4.69, 9.17) is 9.47 Å². The first kappa shape index (κ1) is 16.6. The van der Waals surface area contributed by atoms with E-state index in [0.717, 1.165) is 12.0 Å². The third-order valence-electron chi connectivity index (χ3n) is 5.05. The van der Waals surface area contributed by atoms with Crippen molar-refractivity contribution in [3.8, 4) is 0 Å². The Morgan fingerprint density at radius 2 is 2.00 bits per heavy atom. The third-order valence-corrected chi connectivity index (χ3v) is 5.05. The molecule has 0 saturated carbocycles. The Morgan fingerprint density at radius 1 is 1.23 bits per heavy atom. The highest BCUT2D eigenvalue weighted by atomic mass is 16.5. The lowest BCUT2D eigenvalue weighted by Crippen LogP contribution is -2.46. The van der Waals surface area contributed by atoms with Crippen LogP contribution in [0, 0.1) is 5.92 Å². The van der Waals surface area contributed by atoms with Crippen LogP contribution in [-0.2, 0) is 20.7 Å². The molecule has 1 N–H and O–H groups in total. The molecular formula is C19H21N3O4. The average molecular weight is 355 g/mol. The standard InChI is InChI=1S/C19H21N3O4/c1-3-25-18(23)14-10-20-22-16-12-8-6-5-7-11(12)9-13(16)15(21-17(14)22)19(24)26-4-2/h5-8,10,13,15-16,21H,3-4,9H2,1-2H3. The molecule has 4 rings (SSSR count). The fourth-order valence-corrected chi connectivity index (χ4v) is 4.01. The molecule has 2 aliphatic rings. The molecule has 1 aromatic heterocycles. The van der Waals surface area contributed by atoms with Crippen LogP contribution in [0.4, 0.5) is 5.82 Å². The molecule has 0 fully saturated rings. The molecule has 0 saturated heterocycles. The SMILES string of the molecule is CCOC(=O)c1cnn2c1NC(C(=O)OCC)C1Cc3ccccc3C12. The molecule has 26 heavy (non-hydrogen) atoms. The van der Waals surface area contributed by atoms with E-state index in [1.165, 1.54) is 11.8 Å². The van der Waals surface area contributed by atoms with Crippen molar-refractivity contribution in [1.29, 1.82) is 0 Å². The van der Waals surface area contributed by atoms with Crippen molar-refractivity contribution in [3.63, 3.8) is 0 Å². The van der Waals surface area contributed by atoms with Crippen LogP contribution < -0.4 is 5.32 Å². The molecule has 3 unspecified atom stereocenters. The van der Waals surface area contributed by atoms with E-state index in [1.807, 2.05) is 12.1 Å². The number of fused-ring (bicyclic) bond motifs is 5. The van der Waals surface area contributed by atoms with Gasteiger partial charge in [-0.3, -0.25) is 0 Å². The van der Waals surface area contributed by atoms with Crippen LogP contribution in [0.1, 0.15) is 41.4 Å². The largest absolute Gasteiger partial charge is 0.464 e. The molecule has 0 amide bonds. The van der Waals surface area contributed by atoms with Crippen LogP contribution in [0.2, 0.25) is 0 Å². The average Bonchev–Trinajstić information content (AvgIpc) is 3.22. The van der Waals surface area contributed by atoms with Gasteiger partial charge in [-0.05, 0) is 31.4 Å². The lowest BCUT2D eigenvalue weighted by atomic mass is 9.90. The number of carbonyl (C=O) groups excluding carboxylic acids is 2. The lowest BCUT2D eigenvalue weighted by molar-refractivity contribution is -0.145. The smallest absolute Gasteiger partial charge is 0.343 e. The minimum Gasteiger partial charge on any atom is -0.464 e. The zero-order valence-electron chi connectivity index (χ0n) is 14.8. The summed E-state index contributed by atoms with van der Waals surface area (Å²) >= 11 is 0. The van der Waals surface area contributed by atoms with Crippen molar-refractivity contribution in [2.45, 2.75) is 32.4 Å². The van der Waals surface area contributed by atoms with Gasteiger partial charge in [-0.1, -0.05) is 24.3 Å². The second kappa shape index (κ2) is 6.48. The minimum atomic E-state index is -0.537. The van der Waals surface area contributed by atoms with E-state index in [1.54, 1.807) is 18.5 Å². The summed E-state index contributed by atoms with van der Waals surface area (Å²) in [7, 11) is 0. The lowest BCUT2D eigenvalue weighted by Gasteiger charge is -2.35. The quantitative estimate of drug-likeness (QED) is 0.847. The number of rotatable bonds is 4. The van der Waals surface area contributed by atoms with Gasteiger partial charge in [0.05, 0.1) is 25.5 Å². The number of nitrogens with one attached hydrogen (secondary N) is 1. The Balaban J connectivity index is 1.81. The van der Waals surface area contributed by atoms with Gasteiger partial charge in [-0.2, -0.15) is 5.10 Å². The Morgan fingerprint density at radius 3 is 2.77 bits per heavy atom. The van der Waals surface area contributed by atoms with Crippen LogP contribution >= 0.6 is 0 Å². The summed E-state index contributed by atoms with van der Waals surface area (Å²) in [6, 6.07) is 7.47.